The number of aliphatic carboxylic acids is 1. The van der Waals surface area contributed by atoms with E-state index in [0.717, 1.165) is 5.57 Å². The Balaban J connectivity index is 0.00000480. The number of ether oxygens (including phenoxy) is 1. The van der Waals surface area contributed by atoms with Gasteiger partial charge < -0.3 is 30.0 Å². The molecule has 0 saturated carbocycles. The standard InChI is InChI=1S/C23H36O7.Na/c1-4-13(2)23(29)30-20-11-17(25)9-15-6-5-14(3)19(22(15)20)8-7-16(24)10-18(26)12-21(27)28;/h5-6,9,13-14,16-20,22,24-26H,4,7-8,10-12H2,1-3H3,(H,27,28);/q;+1/p-1/t13-,14-,16+,17-,18+,19-,20-,22-;/m0./s1. The number of aliphatic hydroxyl groups is 3. The first-order valence-corrected chi connectivity index (χ1v) is 11.0. The molecule has 2 rings (SSSR count). The molecule has 0 fully saturated rings. The fourth-order valence-electron chi connectivity index (χ4n) is 4.51. The van der Waals surface area contributed by atoms with Gasteiger partial charge in [0.1, 0.15) is 6.10 Å². The van der Waals surface area contributed by atoms with Gasteiger partial charge in [-0.1, -0.05) is 39.0 Å². The smallest absolute Gasteiger partial charge is 0.550 e. The minimum atomic E-state index is -1.35. The summed E-state index contributed by atoms with van der Waals surface area (Å²) in [5, 5.41) is 40.8. The quantitative estimate of drug-likeness (QED) is 0.265. The first-order valence-electron chi connectivity index (χ1n) is 11.0. The Kier molecular flexibility index (Phi) is 12.0. The summed E-state index contributed by atoms with van der Waals surface area (Å²) in [6, 6.07) is 0. The van der Waals surface area contributed by atoms with E-state index in [4.69, 9.17) is 4.74 Å². The van der Waals surface area contributed by atoms with Crippen LogP contribution in [0.15, 0.2) is 23.8 Å². The zero-order valence-corrected chi connectivity index (χ0v) is 21.1. The van der Waals surface area contributed by atoms with E-state index in [2.05, 4.69) is 13.0 Å². The topological polar surface area (TPSA) is 127 Å². The molecule has 0 amide bonds. The monoisotopic (exact) mass is 446 g/mol. The summed E-state index contributed by atoms with van der Waals surface area (Å²) in [5.41, 5.74) is 0.949. The zero-order chi connectivity index (χ0) is 22.4. The molecule has 0 radical (unpaired) electrons. The van der Waals surface area contributed by atoms with Crippen molar-refractivity contribution in [3.63, 3.8) is 0 Å². The van der Waals surface area contributed by atoms with Crippen molar-refractivity contribution in [3.8, 4) is 0 Å². The molecule has 0 heterocycles. The maximum absolute atomic E-state index is 12.4. The number of aliphatic hydroxyl groups excluding tert-OH is 3. The molecule has 0 aromatic rings. The molecule has 7 nitrogen and oxygen atoms in total. The molecule has 0 aromatic heterocycles. The van der Waals surface area contributed by atoms with E-state index in [1.54, 1.807) is 0 Å². The van der Waals surface area contributed by atoms with Gasteiger partial charge in [-0.2, -0.15) is 0 Å². The van der Waals surface area contributed by atoms with Crippen molar-refractivity contribution in [1.82, 2.24) is 0 Å². The summed E-state index contributed by atoms with van der Waals surface area (Å²) in [7, 11) is 0. The molecule has 2 aliphatic carbocycles. The molecule has 170 valence electrons. The van der Waals surface area contributed by atoms with Gasteiger partial charge in [0.2, 0.25) is 0 Å². The van der Waals surface area contributed by atoms with Crippen LogP contribution in [0.5, 0.6) is 0 Å². The van der Waals surface area contributed by atoms with Crippen LogP contribution in [0.1, 0.15) is 59.3 Å². The second kappa shape index (κ2) is 13.1. The van der Waals surface area contributed by atoms with Gasteiger partial charge in [0.15, 0.2) is 0 Å². The van der Waals surface area contributed by atoms with Gasteiger partial charge in [0, 0.05) is 24.7 Å². The third-order valence-electron chi connectivity index (χ3n) is 6.43. The molecular formula is C23H35NaO7. The normalized spacial score (nSPS) is 30.3. The van der Waals surface area contributed by atoms with Crippen LogP contribution in [0.2, 0.25) is 0 Å². The number of carboxylic acids is 1. The van der Waals surface area contributed by atoms with Crippen LogP contribution in [0.4, 0.5) is 0 Å². The van der Waals surface area contributed by atoms with Crippen LogP contribution >= 0.6 is 0 Å². The third kappa shape index (κ3) is 8.30. The van der Waals surface area contributed by atoms with E-state index in [-0.39, 0.29) is 65.6 Å². The summed E-state index contributed by atoms with van der Waals surface area (Å²) < 4.78 is 5.83. The van der Waals surface area contributed by atoms with E-state index < -0.39 is 36.8 Å². The number of hydrogen-bond donors (Lipinski definition) is 3. The number of fused-ring (bicyclic) bond motifs is 1. The van der Waals surface area contributed by atoms with Gasteiger partial charge in [0.25, 0.3) is 0 Å². The average molecular weight is 447 g/mol. The molecule has 0 aromatic carbocycles. The SMILES string of the molecule is CC[C@H](C)C(=O)O[C@H]1C[C@@H](O)C=C2C=C[C@H](C)[C@H](CC[C@@H](O)C[C@@H](O)CC(=O)[O-])[C@H]21.[Na+]. The van der Waals surface area contributed by atoms with Crippen molar-refractivity contribution in [2.45, 2.75) is 83.7 Å². The second-order valence-corrected chi connectivity index (χ2v) is 8.86. The summed E-state index contributed by atoms with van der Waals surface area (Å²) in [6.45, 7) is 5.83. The molecule has 0 unspecified atom stereocenters. The number of esters is 1. The molecule has 8 heteroatoms. The maximum Gasteiger partial charge on any atom is 1.00 e. The number of carbonyl (C=O) groups excluding carboxylic acids is 2. The van der Waals surface area contributed by atoms with E-state index in [1.165, 1.54) is 0 Å². The van der Waals surface area contributed by atoms with Gasteiger partial charge in [0.05, 0.1) is 24.2 Å². The number of allylic oxidation sites excluding steroid dienone is 2. The average Bonchev–Trinajstić information content (AvgIpc) is 2.65. The minimum absolute atomic E-state index is 0. The van der Waals surface area contributed by atoms with E-state index in [0.29, 0.717) is 25.7 Å². The maximum atomic E-state index is 12.4. The third-order valence-corrected chi connectivity index (χ3v) is 6.43. The number of rotatable bonds is 10. The van der Waals surface area contributed by atoms with Crippen LogP contribution < -0.4 is 34.7 Å². The molecule has 0 bridgehead atoms. The molecule has 0 aliphatic heterocycles. The Hall–Kier alpha value is -0.700. The van der Waals surface area contributed by atoms with Crippen LogP contribution in [-0.4, -0.2) is 51.7 Å². The molecule has 31 heavy (non-hydrogen) atoms. The predicted molar refractivity (Wildman–Crippen MR) is 109 cm³/mol. The predicted octanol–water partition coefficient (Wildman–Crippen LogP) is -1.89. The van der Waals surface area contributed by atoms with Crippen molar-refractivity contribution < 1.29 is 64.3 Å². The van der Waals surface area contributed by atoms with Crippen LogP contribution in [0, 0.1) is 23.7 Å². The second-order valence-electron chi connectivity index (χ2n) is 8.86. The Morgan fingerprint density at radius 3 is 2.58 bits per heavy atom. The first-order chi connectivity index (χ1) is 14.1. The minimum Gasteiger partial charge on any atom is -0.550 e. The van der Waals surface area contributed by atoms with Gasteiger partial charge in [-0.25, -0.2) is 0 Å². The van der Waals surface area contributed by atoms with Crippen LogP contribution in [0.3, 0.4) is 0 Å². The molecule has 0 spiro atoms. The fraction of sp³-hybridized carbons (Fsp3) is 0.739. The number of carbonyl (C=O) groups is 2. The van der Waals surface area contributed by atoms with Crippen molar-refractivity contribution in [1.29, 1.82) is 0 Å². The van der Waals surface area contributed by atoms with Crippen LogP contribution in [-0.2, 0) is 14.3 Å². The Labute approximate surface area is 206 Å². The summed E-state index contributed by atoms with van der Waals surface area (Å²) in [6.07, 6.45) is 4.31. The summed E-state index contributed by atoms with van der Waals surface area (Å²) in [4.78, 5) is 23.0. The molecular weight excluding hydrogens is 411 g/mol. The molecule has 3 N–H and O–H groups in total. The largest absolute Gasteiger partial charge is 1.00 e. The van der Waals surface area contributed by atoms with Crippen LogP contribution in [0.25, 0.3) is 0 Å². The van der Waals surface area contributed by atoms with Gasteiger partial charge in [-0.05, 0) is 43.1 Å². The van der Waals surface area contributed by atoms with Crippen molar-refractivity contribution in [2.24, 2.45) is 23.7 Å². The van der Waals surface area contributed by atoms with Gasteiger partial charge >= 0.3 is 35.5 Å². The Morgan fingerprint density at radius 2 is 1.97 bits per heavy atom. The van der Waals surface area contributed by atoms with E-state index in [1.807, 2.05) is 26.0 Å². The zero-order valence-electron chi connectivity index (χ0n) is 19.1. The number of hydrogen-bond acceptors (Lipinski definition) is 7. The van der Waals surface area contributed by atoms with Crippen molar-refractivity contribution >= 4 is 11.9 Å². The van der Waals surface area contributed by atoms with Crippen molar-refractivity contribution in [3.05, 3.63) is 23.8 Å². The summed E-state index contributed by atoms with van der Waals surface area (Å²) >= 11 is 0. The first kappa shape index (κ1) is 28.3. The summed E-state index contributed by atoms with van der Waals surface area (Å²) in [5.74, 6) is -1.60. The Bertz CT molecular complexity index is 662. The number of carboxylic acid groups (broad SMARTS) is 1. The van der Waals surface area contributed by atoms with Crippen molar-refractivity contribution in [2.75, 3.05) is 0 Å². The van der Waals surface area contributed by atoms with E-state index >= 15 is 0 Å². The Morgan fingerprint density at radius 1 is 1.29 bits per heavy atom. The molecule has 0 saturated heterocycles. The molecule has 8 atom stereocenters. The fourth-order valence-corrected chi connectivity index (χ4v) is 4.51. The van der Waals surface area contributed by atoms with Gasteiger partial charge in [-0.15, -0.1) is 0 Å². The molecule has 2 aliphatic rings. The van der Waals surface area contributed by atoms with E-state index in [9.17, 15) is 30.0 Å². The van der Waals surface area contributed by atoms with Gasteiger partial charge in [-0.3, -0.25) is 4.79 Å².